The fourth-order valence-electron chi connectivity index (χ4n) is 5.09. The van der Waals surface area contributed by atoms with Gasteiger partial charge in [-0.3, -0.25) is 4.79 Å². The third-order valence-corrected chi connectivity index (χ3v) is 9.23. The van der Waals surface area contributed by atoms with Crippen LogP contribution in [0.25, 0.3) is 0 Å². The molecule has 35 heavy (non-hydrogen) atoms. The Hall–Kier alpha value is -2.50. The number of fused-ring (bicyclic) bond motifs is 1. The van der Waals surface area contributed by atoms with Crippen LogP contribution in [0.3, 0.4) is 0 Å². The number of nitrogens with zero attached hydrogens (tertiary/aromatic N) is 2. The van der Waals surface area contributed by atoms with Crippen LogP contribution in [0.4, 0.5) is 10.8 Å². The molecule has 0 amide bonds. The first kappa shape index (κ1) is 24.2. The van der Waals surface area contributed by atoms with Gasteiger partial charge in [0.05, 0.1) is 5.69 Å². The molecular weight excluding hydrogens is 452 g/mol. The summed E-state index contributed by atoms with van der Waals surface area (Å²) in [5.74, 6) is 0.426. The molecule has 4 nitrogen and oxygen atoms in total. The Morgan fingerprint density at radius 2 is 1.77 bits per heavy atom. The molecule has 1 atom stereocenters. The standard InChI is InChI=1S/C30H36N2O2S/c1-19-17-22(13-14-23(19)25(34)24(33)21-9-7-6-8-10-21)32(18-20-11-12-20)28-31-26-27(35-28)30(4,5)16-15-29(26,2)3/h6-10,13-14,17,20,25,34H,11-12,15-16,18H2,1-5H3. The molecule has 0 radical (unpaired) electrons. The van der Waals surface area contributed by atoms with Crippen molar-refractivity contribution in [1.82, 2.24) is 4.98 Å². The largest absolute Gasteiger partial charge is 0.380 e. The van der Waals surface area contributed by atoms with Gasteiger partial charge in [0.25, 0.3) is 0 Å². The zero-order valence-electron chi connectivity index (χ0n) is 21.5. The number of benzene rings is 2. The normalized spacial score (nSPS) is 19.1. The van der Waals surface area contributed by atoms with Crippen LogP contribution in [-0.4, -0.2) is 22.4 Å². The Labute approximate surface area is 213 Å². The highest BCUT2D eigenvalue weighted by atomic mass is 32.1. The molecule has 0 saturated heterocycles. The molecule has 1 heterocycles. The second kappa shape index (κ2) is 8.86. The summed E-state index contributed by atoms with van der Waals surface area (Å²) in [4.78, 5) is 21.9. The van der Waals surface area contributed by atoms with Crippen molar-refractivity contribution in [2.24, 2.45) is 5.92 Å². The van der Waals surface area contributed by atoms with E-state index < -0.39 is 6.10 Å². The molecular formula is C30H36N2O2S. The van der Waals surface area contributed by atoms with Gasteiger partial charge in [0.15, 0.2) is 10.9 Å². The number of ketones is 1. The van der Waals surface area contributed by atoms with E-state index in [0.29, 0.717) is 17.0 Å². The third-order valence-electron chi connectivity index (χ3n) is 7.78. The third kappa shape index (κ3) is 4.68. The first-order valence-corrected chi connectivity index (χ1v) is 13.6. The minimum absolute atomic E-state index is 0.0898. The van der Waals surface area contributed by atoms with Gasteiger partial charge in [-0.1, -0.05) is 64.1 Å². The summed E-state index contributed by atoms with van der Waals surface area (Å²) in [6, 6.07) is 15.1. The highest BCUT2D eigenvalue weighted by molar-refractivity contribution is 7.16. The van der Waals surface area contributed by atoms with Crippen molar-refractivity contribution in [1.29, 1.82) is 0 Å². The molecule has 1 aromatic heterocycles. The van der Waals surface area contributed by atoms with E-state index in [-0.39, 0.29) is 16.6 Å². The minimum Gasteiger partial charge on any atom is -0.380 e. The zero-order chi connectivity index (χ0) is 25.0. The van der Waals surface area contributed by atoms with Gasteiger partial charge in [-0.15, -0.1) is 11.3 Å². The molecule has 1 saturated carbocycles. The maximum absolute atomic E-state index is 12.9. The van der Waals surface area contributed by atoms with E-state index in [1.807, 2.05) is 48.6 Å². The monoisotopic (exact) mass is 488 g/mol. The Morgan fingerprint density at radius 3 is 2.40 bits per heavy atom. The maximum atomic E-state index is 12.9. The summed E-state index contributed by atoms with van der Waals surface area (Å²) < 4.78 is 0. The second-order valence-electron chi connectivity index (χ2n) is 11.7. The molecule has 2 aromatic carbocycles. The molecule has 0 spiro atoms. The maximum Gasteiger partial charge on any atom is 0.195 e. The molecule has 0 bridgehead atoms. The van der Waals surface area contributed by atoms with Crippen LogP contribution in [0.5, 0.6) is 0 Å². The van der Waals surface area contributed by atoms with Gasteiger partial charge in [-0.05, 0) is 61.8 Å². The lowest BCUT2D eigenvalue weighted by Gasteiger charge is -2.37. The van der Waals surface area contributed by atoms with Crippen LogP contribution < -0.4 is 4.90 Å². The molecule has 2 aliphatic carbocycles. The van der Waals surface area contributed by atoms with Gasteiger partial charge >= 0.3 is 0 Å². The number of carbonyl (C=O) groups excluding carboxylic acids is 1. The van der Waals surface area contributed by atoms with Gasteiger partial charge in [-0.2, -0.15) is 0 Å². The van der Waals surface area contributed by atoms with Crippen LogP contribution in [0.2, 0.25) is 0 Å². The van der Waals surface area contributed by atoms with E-state index >= 15 is 0 Å². The van der Waals surface area contributed by atoms with Crippen molar-refractivity contribution < 1.29 is 9.90 Å². The fraction of sp³-hybridized carbons (Fsp3) is 0.467. The SMILES string of the molecule is Cc1cc(N(CC2CC2)c2nc3c(s2)C(C)(C)CCC3(C)C)ccc1C(O)C(=O)c1ccccc1. The molecule has 3 aromatic rings. The highest BCUT2D eigenvalue weighted by Crippen LogP contribution is 2.50. The summed E-state index contributed by atoms with van der Waals surface area (Å²) in [5.41, 5.74) is 4.68. The molecule has 1 N–H and O–H groups in total. The fourth-order valence-corrected chi connectivity index (χ4v) is 6.49. The predicted octanol–water partition coefficient (Wildman–Crippen LogP) is 7.26. The molecule has 2 aliphatic rings. The van der Waals surface area contributed by atoms with Crippen LogP contribution in [-0.2, 0) is 10.8 Å². The number of rotatable bonds is 7. The van der Waals surface area contributed by atoms with E-state index in [0.717, 1.165) is 29.3 Å². The topological polar surface area (TPSA) is 53.4 Å². The minimum atomic E-state index is -1.17. The summed E-state index contributed by atoms with van der Waals surface area (Å²) in [7, 11) is 0. The average Bonchev–Trinajstić information content (AvgIpc) is 3.53. The Kier molecular flexibility index (Phi) is 6.13. The first-order valence-electron chi connectivity index (χ1n) is 12.7. The molecule has 0 aliphatic heterocycles. The quantitative estimate of drug-likeness (QED) is 0.356. The van der Waals surface area contributed by atoms with Gasteiger partial charge in [0.1, 0.15) is 6.10 Å². The van der Waals surface area contributed by atoms with Crippen molar-refractivity contribution in [2.45, 2.75) is 77.2 Å². The van der Waals surface area contributed by atoms with Crippen LogP contribution in [0, 0.1) is 12.8 Å². The van der Waals surface area contributed by atoms with Crippen molar-refractivity contribution in [3.63, 3.8) is 0 Å². The van der Waals surface area contributed by atoms with Gasteiger partial charge < -0.3 is 10.0 Å². The van der Waals surface area contributed by atoms with Crippen LogP contribution in [0.1, 0.15) is 91.5 Å². The molecule has 5 rings (SSSR count). The number of Topliss-reactive ketones (excluding diaryl/α,β-unsaturated/α-hetero) is 1. The lowest BCUT2D eigenvalue weighted by Crippen LogP contribution is -2.32. The Morgan fingerprint density at radius 1 is 1.09 bits per heavy atom. The number of carbonyl (C=O) groups is 1. The van der Waals surface area contributed by atoms with Crippen molar-refractivity contribution in [3.8, 4) is 0 Å². The number of aryl methyl sites for hydroxylation is 1. The van der Waals surface area contributed by atoms with E-state index in [1.165, 1.54) is 29.8 Å². The number of anilines is 2. The summed E-state index contributed by atoms with van der Waals surface area (Å²) in [6.45, 7) is 12.3. The van der Waals surface area contributed by atoms with Crippen LogP contribution in [0.15, 0.2) is 48.5 Å². The number of hydrogen-bond acceptors (Lipinski definition) is 5. The molecule has 5 heteroatoms. The van der Waals surface area contributed by atoms with E-state index in [4.69, 9.17) is 4.98 Å². The van der Waals surface area contributed by atoms with E-state index in [9.17, 15) is 9.90 Å². The van der Waals surface area contributed by atoms with Crippen molar-refractivity contribution in [3.05, 3.63) is 75.8 Å². The van der Waals surface area contributed by atoms with Gasteiger partial charge in [-0.25, -0.2) is 4.98 Å². The van der Waals surface area contributed by atoms with E-state index in [2.05, 4.69) is 38.7 Å². The number of thiazole rings is 1. The van der Waals surface area contributed by atoms with Gasteiger partial charge in [0.2, 0.25) is 0 Å². The summed E-state index contributed by atoms with van der Waals surface area (Å²) >= 11 is 1.85. The van der Waals surface area contributed by atoms with Crippen LogP contribution >= 0.6 is 11.3 Å². The first-order chi connectivity index (χ1) is 16.6. The number of aliphatic hydroxyl groups is 1. The molecule has 1 unspecified atom stereocenters. The lowest BCUT2D eigenvalue weighted by molar-refractivity contribution is 0.0746. The number of aliphatic hydroxyl groups excluding tert-OH is 1. The predicted molar refractivity (Wildman–Crippen MR) is 144 cm³/mol. The number of aromatic nitrogens is 1. The van der Waals surface area contributed by atoms with Crippen molar-refractivity contribution >= 4 is 27.9 Å². The summed E-state index contributed by atoms with van der Waals surface area (Å²) in [6.07, 6.45) is 3.69. The van der Waals surface area contributed by atoms with Gasteiger partial charge in [0, 0.05) is 33.5 Å². The lowest BCUT2D eigenvalue weighted by atomic mass is 9.69. The summed E-state index contributed by atoms with van der Waals surface area (Å²) in [5, 5.41) is 11.9. The Balaban J connectivity index is 1.49. The molecule has 184 valence electrons. The average molecular weight is 489 g/mol. The second-order valence-corrected chi connectivity index (χ2v) is 12.6. The number of hydrogen-bond donors (Lipinski definition) is 1. The highest BCUT2D eigenvalue weighted by Gasteiger charge is 2.41. The van der Waals surface area contributed by atoms with Crippen molar-refractivity contribution in [2.75, 3.05) is 11.4 Å². The Bertz CT molecular complexity index is 1210. The smallest absolute Gasteiger partial charge is 0.195 e. The molecule has 1 fully saturated rings. The zero-order valence-corrected chi connectivity index (χ0v) is 22.3. The van der Waals surface area contributed by atoms with E-state index in [1.54, 1.807) is 12.1 Å².